The van der Waals surface area contributed by atoms with E-state index in [1.165, 1.54) is 0 Å². The fraction of sp³-hybridized carbons (Fsp3) is 0.483. The number of halogens is 1. The van der Waals surface area contributed by atoms with Gasteiger partial charge in [0.15, 0.2) is 0 Å². The maximum atomic E-state index is 14.1. The molecule has 0 aliphatic carbocycles. The van der Waals surface area contributed by atoms with Crippen LogP contribution in [0.1, 0.15) is 44.6 Å². The van der Waals surface area contributed by atoms with Crippen LogP contribution in [0.15, 0.2) is 54.6 Å². The van der Waals surface area contributed by atoms with Gasteiger partial charge in [0.2, 0.25) is 17.7 Å². The molecule has 2 aromatic rings. The summed E-state index contributed by atoms with van der Waals surface area (Å²) in [6, 6.07) is 16.1. The van der Waals surface area contributed by atoms with Gasteiger partial charge in [0, 0.05) is 24.4 Å². The molecule has 3 aliphatic heterocycles. The van der Waals surface area contributed by atoms with Gasteiger partial charge < -0.3 is 20.6 Å². The van der Waals surface area contributed by atoms with Crippen molar-refractivity contribution in [1.82, 2.24) is 10.2 Å². The zero-order chi connectivity index (χ0) is 26.9. The average molecular weight is 556 g/mol. The number of aliphatic hydroxyl groups excluding tert-OH is 1. The van der Waals surface area contributed by atoms with E-state index in [2.05, 4.69) is 17.6 Å². The van der Waals surface area contributed by atoms with Crippen LogP contribution in [0.4, 0.5) is 5.69 Å². The molecule has 9 heteroatoms. The van der Waals surface area contributed by atoms with Crippen LogP contribution in [-0.4, -0.2) is 56.4 Å². The highest BCUT2D eigenvalue weighted by Crippen LogP contribution is 2.71. The van der Waals surface area contributed by atoms with Crippen molar-refractivity contribution in [2.45, 2.75) is 61.1 Å². The van der Waals surface area contributed by atoms with E-state index in [-0.39, 0.29) is 24.3 Å². The van der Waals surface area contributed by atoms with Crippen LogP contribution in [-0.2, 0) is 20.9 Å². The zero-order valence-electron chi connectivity index (χ0n) is 21.5. The molecule has 2 aromatic carbocycles. The summed E-state index contributed by atoms with van der Waals surface area (Å²) >= 11 is 8.00. The molecule has 2 bridgehead atoms. The Morgan fingerprint density at radius 3 is 2.53 bits per heavy atom. The van der Waals surface area contributed by atoms with Gasteiger partial charge in [-0.3, -0.25) is 14.4 Å². The van der Waals surface area contributed by atoms with Crippen molar-refractivity contribution in [1.29, 1.82) is 0 Å². The standard InChI is InChI=1S/C29H34ClN3O4S/c1-28-14-15-29(38-28)23(22(28)25(35)31-18-19-10-4-2-5-11-19)27(37)33(16-8-3-9-17-34)24(29)26(36)32-21-13-7-6-12-20(21)30/h2,4-7,10-13,22-24,34H,3,8-9,14-18H2,1H3,(H,31,35)(H,32,36)/t22-,23+,24?,28+,29?/m1/s1. The lowest BCUT2D eigenvalue weighted by Crippen LogP contribution is -2.52. The van der Waals surface area contributed by atoms with Gasteiger partial charge in [-0.15, -0.1) is 11.8 Å². The molecule has 3 heterocycles. The Morgan fingerprint density at radius 2 is 1.79 bits per heavy atom. The molecule has 3 fully saturated rings. The van der Waals surface area contributed by atoms with Crippen LogP contribution < -0.4 is 10.6 Å². The third kappa shape index (κ3) is 4.71. The van der Waals surface area contributed by atoms with E-state index in [9.17, 15) is 19.5 Å². The predicted octanol–water partition coefficient (Wildman–Crippen LogP) is 4.24. The highest BCUT2D eigenvalue weighted by Gasteiger charge is 2.77. The molecule has 2 unspecified atom stereocenters. The second-order valence-electron chi connectivity index (χ2n) is 10.7. The van der Waals surface area contributed by atoms with Crippen molar-refractivity contribution in [3.05, 3.63) is 65.2 Å². The van der Waals surface area contributed by atoms with Crippen LogP contribution >= 0.6 is 23.4 Å². The quantitative estimate of drug-likeness (QED) is 0.381. The van der Waals surface area contributed by atoms with Crippen LogP contribution in [0.5, 0.6) is 0 Å². The molecule has 3 N–H and O–H groups in total. The molecular weight excluding hydrogens is 522 g/mol. The number of amides is 3. The van der Waals surface area contributed by atoms with Gasteiger partial charge in [-0.05, 0) is 56.7 Å². The van der Waals surface area contributed by atoms with Crippen LogP contribution in [0.25, 0.3) is 0 Å². The largest absolute Gasteiger partial charge is 0.396 e. The first-order valence-corrected chi connectivity index (χ1v) is 14.5. The van der Waals surface area contributed by atoms with E-state index in [0.717, 1.165) is 18.4 Å². The van der Waals surface area contributed by atoms with Crippen molar-refractivity contribution in [2.24, 2.45) is 11.8 Å². The predicted molar refractivity (Wildman–Crippen MR) is 150 cm³/mol. The first-order chi connectivity index (χ1) is 18.3. The van der Waals surface area contributed by atoms with Crippen LogP contribution in [0, 0.1) is 11.8 Å². The molecule has 0 saturated carbocycles. The van der Waals surface area contributed by atoms with E-state index in [4.69, 9.17) is 11.6 Å². The summed E-state index contributed by atoms with van der Waals surface area (Å²) in [6.07, 6.45) is 3.53. The second-order valence-corrected chi connectivity index (χ2v) is 13.0. The Kier molecular flexibility index (Phi) is 7.76. The smallest absolute Gasteiger partial charge is 0.248 e. The number of unbranched alkanes of at least 4 members (excludes halogenated alkanes) is 2. The number of hydrogen-bond acceptors (Lipinski definition) is 5. The molecule has 3 aliphatic rings. The lowest BCUT2D eigenvalue weighted by molar-refractivity contribution is -0.140. The minimum Gasteiger partial charge on any atom is -0.396 e. The number of hydrogen-bond donors (Lipinski definition) is 3. The van der Waals surface area contributed by atoms with Gasteiger partial charge in [0.1, 0.15) is 6.04 Å². The highest BCUT2D eigenvalue weighted by atomic mass is 35.5. The van der Waals surface area contributed by atoms with E-state index < -0.39 is 27.4 Å². The number of thioether (sulfide) groups is 1. The summed E-state index contributed by atoms with van der Waals surface area (Å²) in [5, 5.41) is 15.7. The summed E-state index contributed by atoms with van der Waals surface area (Å²) in [5.41, 5.74) is 1.50. The molecule has 5 atom stereocenters. The monoisotopic (exact) mass is 555 g/mol. The number of para-hydroxylation sites is 1. The van der Waals surface area contributed by atoms with E-state index in [1.54, 1.807) is 40.9 Å². The molecule has 38 heavy (non-hydrogen) atoms. The minimum atomic E-state index is -0.704. The Balaban J connectivity index is 1.44. The third-order valence-corrected chi connectivity index (χ3v) is 10.6. The van der Waals surface area contributed by atoms with Crippen molar-refractivity contribution in [3.8, 4) is 0 Å². The third-order valence-electron chi connectivity index (χ3n) is 8.31. The second kappa shape index (κ2) is 10.9. The lowest BCUT2D eigenvalue weighted by atomic mass is 9.66. The first-order valence-electron chi connectivity index (χ1n) is 13.3. The number of carbonyl (C=O) groups is 3. The van der Waals surface area contributed by atoms with Gasteiger partial charge in [-0.25, -0.2) is 0 Å². The number of benzene rings is 2. The van der Waals surface area contributed by atoms with Crippen LogP contribution in [0.2, 0.25) is 5.02 Å². The Hall–Kier alpha value is -2.55. The highest BCUT2D eigenvalue weighted by molar-refractivity contribution is 8.02. The van der Waals surface area contributed by atoms with Crippen molar-refractivity contribution in [2.75, 3.05) is 18.5 Å². The molecule has 0 radical (unpaired) electrons. The first kappa shape index (κ1) is 27.0. The maximum absolute atomic E-state index is 14.1. The van der Waals surface area contributed by atoms with Gasteiger partial charge in [0.25, 0.3) is 0 Å². The van der Waals surface area contributed by atoms with E-state index in [0.29, 0.717) is 43.1 Å². The van der Waals surface area contributed by atoms with Crippen molar-refractivity contribution in [3.63, 3.8) is 0 Å². The minimum absolute atomic E-state index is 0.0921. The van der Waals surface area contributed by atoms with Crippen LogP contribution in [0.3, 0.4) is 0 Å². The van der Waals surface area contributed by atoms with E-state index >= 15 is 0 Å². The fourth-order valence-electron chi connectivity index (χ4n) is 6.60. The summed E-state index contributed by atoms with van der Waals surface area (Å²) in [7, 11) is 0. The lowest BCUT2D eigenvalue weighted by Gasteiger charge is -2.35. The molecule has 7 nitrogen and oxygen atoms in total. The van der Waals surface area contributed by atoms with E-state index in [1.807, 2.05) is 30.3 Å². The molecule has 5 rings (SSSR count). The summed E-state index contributed by atoms with van der Waals surface area (Å²) in [4.78, 5) is 43.4. The molecule has 3 saturated heterocycles. The maximum Gasteiger partial charge on any atom is 0.248 e. The van der Waals surface area contributed by atoms with Gasteiger partial charge >= 0.3 is 0 Å². The molecular formula is C29H34ClN3O4S. The molecule has 0 aromatic heterocycles. The average Bonchev–Trinajstić information content (AvgIpc) is 3.48. The normalized spacial score (nSPS) is 29.4. The molecule has 3 amide bonds. The number of likely N-dealkylation sites (tertiary alicyclic amines) is 1. The number of anilines is 1. The fourth-order valence-corrected chi connectivity index (χ4v) is 9.14. The van der Waals surface area contributed by atoms with Gasteiger partial charge in [-0.1, -0.05) is 54.1 Å². The number of aliphatic hydroxyl groups is 1. The van der Waals surface area contributed by atoms with Crippen molar-refractivity contribution < 1.29 is 19.5 Å². The Morgan fingerprint density at radius 1 is 1.05 bits per heavy atom. The van der Waals surface area contributed by atoms with Gasteiger partial charge in [-0.2, -0.15) is 0 Å². The van der Waals surface area contributed by atoms with Gasteiger partial charge in [0.05, 0.1) is 27.3 Å². The SMILES string of the molecule is C[C@@]12CCC3(S1)C(C(=O)Nc1ccccc1Cl)N(CCCCCO)C(=O)[C@@H]3[C@@H]2C(=O)NCc1ccccc1. The topological polar surface area (TPSA) is 98.7 Å². The number of nitrogens with one attached hydrogen (secondary N) is 2. The summed E-state index contributed by atoms with van der Waals surface area (Å²) < 4.78 is -1.10. The summed E-state index contributed by atoms with van der Waals surface area (Å²) in [5.74, 6) is -1.60. The number of fused-ring (bicyclic) bond motifs is 1. The van der Waals surface area contributed by atoms with Crippen molar-refractivity contribution >= 4 is 46.8 Å². The summed E-state index contributed by atoms with van der Waals surface area (Å²) in [6.45, 7) is 2.97. The Bertz CT molecular complexity index is 1210. The number of nitrogens with zero attached hydrogens (tertiary/aromatic N) is 1. The molecule has 202 valence electrons. The molecule has 1 spiro atoms. The number of rotatable bonds is 10. The number of carbonyl (C=O) groups excluding carboxylic acids is 3. The Labute approximate surface area is 232 Å². The zero-order valence-corrected chi connectivity index (χ0v) is 23.1.